The van der Waals surface area contributed by atoms with Gasteiger partial charge < -0.3 is 9.84 Å². The van der Waals surface area contributed by atoms with E-state index in [0.29, 0.717) is 36.9 Å². The van der Waals surface area contributed by atoms with Crippen molar-refractivity contribution in [3.05, 3.63) is 97.9 Å². The average molecular weight is 562 g/mol. The van der Waals surface area contributed by atoms with E-state index < -0.39 is 12.0 Å². The normalized spacial score (nSPS) is 12.5. The van der Waals surface area contributed by atoms with Crippen LogP contribution in [0.5, 0.6) is 0 Å². The minimum absolute atomic E-state index is 0.0872. The zero-order valence-corrected chi connectivity index (χ0v) is 22.0. The Morgan fingerprint density at radius 2 is 1.58 bits per heavy atom. The first-order chi connectivity index (χ1) is 17.3. The molecule has 0 aliphatic carbocycles. The first-order valence-corrected chi connectivity index (χ1v) is 12.5. The van der Waals surface area contributed by atoms with Crippen molar-refractivity contribution in [2.75, 3.05) is 6.61 Å². The Hall–Kier alpha value is -2.83. The lowest BCUT2D eigenvalue weighted by molar-refractivity contribution is -0.138. The molecule has 1 N–H and O–H groups in total. The molecule has 0 saturated carbocycles. The van der Waals surface area contributed by atoms with E-state index >= 15 is 0 Å². The maximum atomic E-state index is 12.1. The van der Waals surface area contributed by atoms with Crippen molar-refractivity contribution in [2.24, 2.45) is 4.99 Å². The second kappa shape index (κ2) is 11.5. The highest BCUT2D eigenvalue weighted by Crippen LogP contribution is 2.34. The summed E-state index contributed by atoms with van der Waals surface area (Å²) < 4.78 is 5.64. The third-order valence-electron chi connectivity index (χ3n) is 5.42. The van der Waals surface area contributed by atoms with Crippen molar-refractivity contribution in [1.29, 1.82) is 0 Å². The van der Waals surface area contributed by atoms with Crippen molar-refractivity contribution < 1.29 is 14.6 Å². The molecule has 184 valence electrons. The van der Waals surface area contributed by atoms with Crippen LogP contribution < -0.4 is 0 Å². The number of pyridine rings is 1. The molecule has 1 unspecified atom stereocenters. The first kappa shape index (κ1) is 26.2. The van der Waals surface area contributed by atoms with Gasteiger partial charge in [0.2, 0.25) is 5.90 Å². The second-order valence-corrected chi connectivity index (χ2v) is 9.47. The van der Waals surface area contributed by atoms with Gasteiger partial charge in [0.1, 0.15) is 0 Å². The molecule has 1 aromatic heterocycles. The summed E-state index contributed by atoms with van der Waals surface area (Å²) in [5.74, 6) is -1.01. The number of hydrogen-bond donors (Lipinski definition) is 1. The van der Waals surface area contributed by atoms with Crippen molar-refractivity contribution in [3.8, 4) is 11.3 Å². The van der Waals surface area contributed by atoms with Gasteiger partial charge in [-0.15, -0.1) is 0 Å². The number of carboxylic acids is 1. The Balaban J connectivity index is 1.67. The molecular weight excluding hydrogens is 542 g/mol. The van der Waals surface area contributed by atoms with Crippen LogP contribution in [-0.4, -0.2) is 34.6 Å². The van der Waals surface area contributed by atoms with E-state index in [4.69, 9.17) is 56.1 Å². The summed E-state index contributed by atoms with van der Waals surface area (Å²) in [6.45, 7) is 2.04. The standard InChI is InChI=1S/C27H20Cl4N2O3/c1-2-36-26(25-19(30)7-4-8-20(25)31)33-23(27(34)35)14-15-9-11-21-16(13-15)10-12-22(32-21)24-17(28)5-3-6-18(24)29/h3-13,23H,2,14H2,1H3,(H,34,35). The van der Waals surface area contributed by atoms with Crippen LogP contribution in [0.1, 0.15) is 18.1 Å². The van der Waals surface area contributed by atoms with Crippen LogP contribution in [0.15, 0.2) is 71.7 Å². The minimum atomic E-state index is -1.12. The highest BCUT2D eigenvalue weighted by atomic mass is 35.5. The van der Waals surface area contributed by atoms with E-state index in [1.54, 1.807) is 43.3 Å². The Morgan fingerprint density at radius 3 is 2.19 bits per heavy atom. The molecule has 0 spiro atoms. The monoisotopic (exact) mass is 560 g/mol. The van der Waals surface area contributed by atoms with Crippen molar-refractivity contribution in [2.45, 2.75) is 19.4 Å². The molecule has 3 aromatic carbocycles. The maximum Gasteiger partial charge on any atom is 0.328 e. The molecule has 36 heavy (non-hydrogen) atoms. The molecule has 0 aliphatic heterocycles. The number of hydrogen-bond acceptors (Lipinski definition) is 4. The van der Waals surface area contributed by atoms with Crippen molar-refractivity contribution in [3.63, 3.8) is 0 Å². The second-order valence-electron chi connectivity index (χ2n) is 7.84. The predicted octanol–water partition coefficient (Wildman–Crippen LogP) is 7.99. The van der Waals surface area contributed by atoms with Gasteiger partial charge in [-0.05, 0) is 55.0 Å². The van der Waals surface area contributed by atoms with Crippen LogP contribution >= 0.6 is 46.4 Å². The summed E-state index contributed by atoms with van der Waals surface area (Å²) >= 11 is 25.3. The molecule has 0 aliphatic rings. The molecule has 9 heteroatoms. The molecule has 0 bridgehead atoms. The lowest BCUT2D eigenvalue weighted by Crippen LogP contribution is -2.24. The lowest BCUT2D eigenvalue weighted by Gasteiger charge is -2.15. The van der Waals surface area contributed by atoms with E-state index in [1.807, 2.05) is 30.3 Å². The van der Waals surface area contributed by atoms with Crippen LogP contribution in [0.25, 0.3) is 22.2 Å². The number of aromatic nitrogens is 1. The Bertz CT molecular complexity index is 1430. The SMILES string of the molecule is CCOC(=NC(Cc1ccc2nc(-c3c(Cl)cccc3Cl)ccc2c1)C(=O)O)c1c(Cl)cccc1Cl. The molecule has 1 atom stereocenters. The predicted molar refractivity (Wildman–Crippen MR) is 147 cm³/mol. The van der Waals surface area contributed by atoms with E-state index in [9.17, 15) is 9.90 Å². The molecule has 0 amide bonds. The first-order valence-electron chi connectivity index (χ1n) is 11.0. The van der Waals surface area contributed by atoms with Gasteiger partial charge in [-0.3, -0.25) is 0 Å². The molecule has 4 rings (SSSR count). The van der Waals surface area contributed by atoms with Crippen LogP contribution in [0.3, 0.4) is 0 Å². The number of aliphatic imine (C=N–C) groups is 1. The molecule has 0 radical (unpaired) electrons. The summed E-state index contributed by atoms with van der Waals surface area (Å²) in [5.41, 5.74) is 3.17. The van der Waals surface area contributed by atoms with Crippen molar-refractivity contribution in [1.82, 2.24) is 4.98 Å². The molecule has 0 saturated heterocycles. The smallest absolute Gasteiger partial charge is 0.328 e. The summed E-state index contributed by atoms with van der Waals surface area (Å²) in [5, 5.41) is 12.4. The third-order valence-corrected chi connectivity index (χ3v) is 6.68. The van der Waals surface area contributed by atoms with Crippen LogP contribution in [0, 0.1) is 0 Å². The van der Waals surface area contributed by atoms with Crippen molar-refractivity contribution >= 4 is 69.2 Å². The van der Waals surface area contributed by atoms with Gasteiger partial charge in [-0.25, -0.2) is 14.8 Å². The largest absolute Gasteiger partial charge is 0.480 e. The third kappa shape index (κ3) is 5.76. The quantitative estimate of drug-likeness (QED) is 0.183. The number of rotatable bonds is 7. The van der Waals surface area contributed by atoms with Crippen LogP contribution in [0.4, 0.5) is 0 Å². The number of ether oxygens (including phenoxy) is 1. The summed E-state index contributed by atoms with van der Waals surface area (Å²) in [6.07, 6.45) is 0.127. The highest BCUT2D eigenvalue weighted by molar-refractivity contribution is 6.40. The molecule has 4 aromatic rings. The number of carbonyl (C=O) groups is 1. The summed E-state index contributed by atoms with van der Waals surface area (Å²) in [7, 11) is 0. The van der Waals surface area contributed by atoms with Gasteiger partial charge in [0, 0.05) is 17.4 Å². The lowest BCUT2D eigenvalue weighted by atomic mass is 10.0. The average Bonchev–Trinajstić information content (AvgIpc) is 2.83. The molecular formula is C27H20Cl4N2O3. The number of fused-ring (bicyclic) bond motifs is 1. The number of benzene rings is 3. The van der Waals surface area contributed by atoms with Gasteiger partial charge in [-0.2, -0.15) is 0 Å². The number of halogens is 4. The Labute approximate surface area is 228 Å². The Morgan fingerprint density at radius 1 is 0.944 bits per heavy atom. The van der Waals surface area contributed by atoms with E-state index in [2.05, 4.69) is 4.99 Å². The van der Waals surface area contributed by atoms with Crippen LogP contribution in [-0.2, 0) is 16.0 Å². The topological polar surface area (TPSA) is 71.8 Å². The van der Waals surface area contributed by atoms with Gasteiger partial charge >= 0.3 is 5.97 Å². The number of carboxylic acid groups (broad SMARTS) is 1. The maximum absolute atomic E-state index is 12.1. The van der Waals surface area contributed by atoms with Crippen LogP contribution in [0.2, 0.25) is 20.1 Å². The van der Waals surface area contributed by atoms with E-state index in [0.717, 1.165) is 16.5 Å². The summed E-state index contributed by atoms with van der Waals surface area (Å²) in [4.78, 5) is 21.2. The fraction of sp³-hybridized carbons (Fsp3) is 0.148. The van der Waals surface area contributed by atoms with Gasteiger partial charge in [0.25, 0.3) is 0 Å². The zero-order chi connectivity index (χ0) is 25.8. The molecule has 5 nitrogen and oxygen atoms in total. The van der Waals surface area contributed by atoms with E-state index in [-0.39, 0.29) is 18.9 Å². The van der Waals surface area contributed by atoms with Gasteiger partial charge in [0.15, 0.2) is 6.04 Å². The number of aliphatic carboxylic acids is 1. The highest BCUT2D eigenvalue weighted by Gasteiger charge is 2.22. The fourth-order valence-electron chi connectivity index (χ4n) is 3.75. The summed E-state index contributed by atoms with van der Waals surface area (Å²) in [6, 6.07) is 18.4. The van der Waals surface area contributed by atoms with E-state index in [1.165, 1.54) is 0 Å². The molecule has 0 fully saturated rings. The fourth-order valence-corrected chi connectivity index (χ4v) is 4.90. The minimum Gasteiger partial charge on any atom is -0.480 e. The number of nitrogens with zero attached hydrogens (tertiary/aromatic N) is 2. The van der Waals surface area contributed by atoms with Gasteiger partial charge in [0.05, 0.1) is 43.5 Å². The Kier molecular flexibility index (Phi) is 8.37. The zero-order valence-electron chi connectivity index (χ0n) is 19.0. The van der Waals surface area contributed by atoms with Gasteiger partial charge in [-0.1, -0.05) is 70.7 Å². The molecule has 1 heterocycles.